The molecule has 114 valence electrons. The largest absolute Gasteiger partial charge is 0.324 e. The molecule has 0 aliphatic heterocycles. The molecule has 1 unspecified atom stereocenters. The molecule has 0 radical (unpaired) electrons. The molecule has 1 aromatic rings. The van der Waals surface area contributed by atoms with Crippen molar-refractivity contribution < 1.29 is 0 Å². The molecule has 20 heavy (non-hydrogen) atoms. The van der Waals surface area contributed by atoms with E-state index < -0.39 is 0 Å². The molecule has 1 nitrogen and oxygen atoms in total. The van der Waals surface area contributed by atoms with E-state index in [0.29, 0.717) is 0 Å². The Labute approximate surface area is 129 Å². The van der Waals surface area contributed by atoms with Gasteiger partial charge in [0.2, 0.25) is 0 Å². The zero-order chi connectivity index (χ0) is 14.8. The van der Waals surface area contributed by atoms with Crippen molar-refractivity contribution in [3.63, 3.8) is 0 Å². The average molecular weight is 296 g/mol. The number of rotatable bonds is 10. The number of unbranched alkanes of at least 4 members (excludes halogenated alkanes) is 7. The topological polar surface area (TPSA) is 26.0 Å². The van der Waals surface area contributed by atoms with Gasteiger partial charge >= 0.3 is 0 Å². The molecular formula is C18H30ClN. The second-order valence-electron chi connectivity index (χ2n) is 5.90. The first-order chi connectivity index (χ1) is 9.65. The molecule has 2 heteroatoms. The number of hydrogen-bond donors (Lipinski definition) is 1. The van der Waals surface area contributed by atoms with E-state index in [1.165, 1.54) is 56.9 Å². The lowest BCUT2D eigenvalue weighted by atomic mass is 9.99. The number of hydrogen-bond acceptors (Lipinski definition) is 1. The van der Waals surface area contributed by atoms with Gasteiger partial charge in [-0.1, -0.05) is 82.0 Å². The molecule has 0 fully saturated rings. The van der Waals surface area contributed by atoms with E-state index in [9.17, 15) is 0 Å². The molecule has 0 amide bonds. The maximum absolute atomic E-state index is 6.26. The van der Waals surface area contributed by atoms with E-state index in [1.54, 1.807) is 0 Å². The van der Waals surface area contributed by atoms with E-state index in [0.717, 1.165) is 17.0 Å². The van der Waals surface area contributed by atoms with Crippen LogP contribution in [0.4, 0.5) is 0 Å². The van der Waals surface area contributed by atoms with Gasteiger partial charge in [-0.3, -0.25) is 0 Å². The van der Waals surface area contributed by atoms with E-state index in [1.807, 2.05) is 6.07 Å². The van der Waals surface area contributed by atoms with Crippen molar-refractivity contribution in [3.05, 3.63) is 34.3 Å². The highest BCUT2D eigenvalue weighted by molar-refractivity contribution is 6.31. The summed E-state index contributed by atoms with van der Waals surface area (Å²) in [6.45, 7) is 4.32. The molecule has 0 saturated heterocycles. The minimum atomic E-state index is 0.0863. The summed E-state index contributed by atoms with van der Waals surface area (Å²) in [6, 6.07) is 6.26. The Morgan fingerprint density at radius 3 is 2.20 bits per heavy atom. The Morgan fingerprint density at radius 1 is 1.00 bits per heavy atom. The molecular weight excluding hydrogens is 266 g/mol. The van der Waals surface area contributed by atoms with Crippen LogP contribution in [0.15, 0.2) is 18.2 Å². The van der Waals surface area contributed by atoms with Crippen LogP contribution < -0.4 is 5.73 Å². The normalized spacial score (nSPS) is 12.6. The fourth-order valence-corrected chi connectivity index (χ4v) is 2.96. The third-order valence-corrected chi connectivity index (χ3v) is 4.25. The second kappa shape index (κ2) is 10.2. The van der Waals surface area contributed by atoms with Crippen molar-refractivity contribution in [2.24, 2.45) is 5.73 Å². The lowest BCUT2D eigenvalue weighted by molar-refractivity contribution is 0.536. The summed E-state index contributed by atoms with van der Waals surface area (Å²) in [5.74, 6) is 0. The Balaban J connectivity index is 2.15. The van der Waals surface area contributed by atoms with Gasteiger partial charge in [-0.25, -0.2) is 0 Å². The molecule has 0 aromatic heterocycles. The molecule has 1 rings (SSSR count). The van der Waals surface area contributed by atoms with Gasteiger partial charge in [0.15, 0.2) is 0 Å². The summed E-state index contributed by atoms with van der Waals surface area (Å²) in [4.78, 5) is 0. The molecule has 1 aromatic carbocycles. The first kappa shape index (κ1) is 17.5. The van der Waals surface area contributed by atoms with Gasteiger partial charge < -0.3 is 5.73 Å². The molecule has 0 aliphatic rings. The third kappa shape index (κ3) is 6.76. The van der Waals surface area contributed by atoms with Gasteiger partial charge in [0, 0.05) is 11.1 Å². The summed E-state index contributed by atoms with van der Waals surface area (Å²) in [6.07, 6.45) is 11.8. The summed E-state index contributed by atoms with van der Waals surface area (Å²) in [7, 11) is 0. The van der Waals surface area contributed by atoms with Crippen LogP contribution >= 0.6 is 11.6 Å². The molecule has 0 spiro atoms. The van der Waals surface area contributed by atoms with Crippen LogP contribution in [0.25, 0.3) is 0 Å². The highest BCUT2D eigenvalue weighted by Crippen LogP contribution is 2.26. The SMILES string of the molecule is CCCCCCCCCCC(N)c1ccc(C)cc1Cl. The van der Waals surface area contributed by atoms with Crippen LogP contribution in [0.5, 0.6) is 0 Å². The molecule has 1 atom stereocenters. The van der Waals surface area contributed by atoms with Crippen molar-refractivity contribution in [2.45, 2.75) is 77.7 Å². The van der Waals surface area contributed by atoms with E-state index in [4.69, 9.17) is 17.3 Å². The predicted molar refractivity (Wildman–Crippen MR) is 90.3 cm³/mol. The first-order valence-corrected chi connectivity index (χ1v) is 8.54. The molecule has 0 bridgehead atoms. The maximum Gasteiger partial charge on any atom is 0.0456 e. The van der Waals surface area contributed by atoms with Crippen molar-refractivity contribution in [2.75, 3.05) is 0 Å². The summed E-state index contributed by atoms with van der Waals surface area (Å²) >= 11 is 6.26. The van der Waals surface area contributed by atoms with Gasteiger partial charge in [0.25, 0.3) is 0 Å². The summed E-state index contributed by atoms with van der Waals surface area (Å²) in [5, 5.41) is 0.817. The maximum atomic E-state index is 6.26. The average Bonchev–Trinajstić information content (AvgIpc) is 2.41. The van der Waals surface area contributed by atoms with Crippen LogP contribution in [-0.2, 0) is 0 Å². The van der Waals surface area contributed by atoms with Crippen LogP contribution in [0.1, 0.15) is 81.9 Å². The van der Waals surface area contributed by atoms with E-state index >= 15 is 0 Å². The fourth-order valence-electron chi connectivity index (χ4n) is 2.59. The number of aryl methyl sites for hydroxylation is 1. The van der Waals surface area contributed by atoms with Crippen molar-refractivity contribution >= 4 is 11.6 Å². The fraction of sp³-hybridized carbons (Fsp3) is 0.667. The second-order valence-corrected chi connectivity index (χ2v) is 6.30. The van der Waals surface area contributed by atoms with Crippen molar-refractivity contribution in [1.82, 2.24) is 0 Å². The predicted octanol–water partition coefficient (Wildman–Crippen LogP) is 6.18. The smallest absolute Gasteiger partial charge is 0.0456 e. The zero-order valence-corrected chi connectivity index (χ0v) is 13.9. The Morgan fingerprint density at radius 2 is 1.60 bits per heavy atom. The van der Waals surface area contributed by atoms with Crippen LogP contribution in [0.3, 0.4) is 0 Å². The Hall–Kier alpha value is -0.530. The highest BCUT2D eigenvalue weighted by atomic mass is 35.5. The lowest BCUT2D eigenvalue weighted by Crippen LogP contribution is -2.10. The van der Waals surface area contributed by atoms with Crippen LogP contribution in [-0.4, -0.2) is 0 Å². The third-order valence-electron chi connectivity index (χ3n) is 3.92. The first-order valence-electron chi connectivity index (χ1n) is 8.16. The van der Waals surface area contributed by atoms with E-state index in [-0.39, 0.29) is 6.04 Å². The van der Waals surface area contributed by atoms with Gasteiger partial charge in [-0.15, -0.1) is 0 Å². The number of benzene rings is 1. The molecule has 0 saturated carbocycles. The number of nitrogens with two attached hydrogens (primary N) is 1. The van der Waals surface area contributed by atoms with E-state index in [2.05, 4.69) is 26.0 Å². The Bertz CT molecular complexity index is 376. The van der Waals surface area contributed by atoms with Gasteiger partial charge in [-0.05, 0) is 30.5 Å². The van der Waals surface area contributed by atoms with Crippen LogP contribution in [0.2, 0.25) is 5.02 Å². The van der Waals surface area contributed by atoms with Gasteiger partial charge in [0.05, 0.1) is 0 Å². The molecule has 0 heterocycles. The standard InChI is InChI=1S/C18H30ClN/c1-3-4-5-6-7-8-9-10-11-18(20)16-13-12-15(2)14-17(16)19/h12-14,18H,3-11,20H2,1-2H3. The minimum absolute atomic E-state index is 0.0863. The summed E-state index contributed by atoms with van der Waals surface area (Å²) < 4.78 is 0. The lowest BCUT2D eigenvalue weighted by Gasteiger charge is -2.14. The molecule has 0 aliphatic carbocycles. The quantitative estimate of drug-likeness (QED) is 0.512. The zero-order valence-electron chi connectivity index (χ0n) is 13.1. The Kier molecular flexibility index (Phi) is 8.97. The van der Waals surface area contributed by atoms with Gasteiger partial charge in [-0.2, -0.15) is 0 Å². The minimum Gasteiger partial charge on any atom is -0.324 e. The molecule has 2 N–H and O–H groups in total. The monoisotopic (exact) mass is 295 g/mol. The number of halogens is 1. The van der Waals surface area contributed by atoms with Gasteiger partial charge in [0.1, 0.15) is 0 Å². The highest BCUT2D eigenvalue weighted by Gasteiger charge is 2.09. The summed E-state index contributed by atoms with van der Waals surface area (Å²) in [5.41, 5.74) is 8.53. The van der Waals surface area contributed by atoms with Crippen molar-refractivity contribution in [1.29, 1.82) is 0 Å². The van der Waals surface area contributed by atoms with Crippen molar-refractivity contribution in [3.8, 4) is 0 Å². The van der Waals surface area contributed by atoms with Crippen LogP contribution in [0, 0.1) is 6.92 Å².